The predicted octanol–water partition coefficient (Wildman–Crippen LogP) is 0.181. The van der Waals surface area contributed by atoms with Crippen LogP contribution in [0.15, 0.2) is 24.3 Å². The largest absolute Gasteiger partial charge is 0.407 e. The summed E-state index contributed by atoms with van der Waals surface area (Å²) in [5.41, 5.74) is 0.712. The van der Waals surface area contributed by atoms with Gasteiger partial charge >= 0.3 is 11.9 Å². The fourth-order valence-corrected chi connectivity index (χ4v) is 3.15. The highest BCUT2D eigenvalue weighted by Crippen LogP contribution is 2.44. The van der Waals surface area contributed by atoms with Crippen LogP contribution in [0.5, 0.6) is 0 Å². The molecule has 3 aliphatic heterocycles. The lowest BCUT2D eigenvalue weighted by atomic mass is 10.1. The summed E-state index contributed by atoms with van der Waals surface area (Å²) in [5.74, 6) is -2.77. The number of hydrogen-bond acceptors (Lipinski definition) is 5. The van der Waals surface area contributed by atoms with Gasteiger partial charge in [-0.25, -0.2) is 0 Å². The van der Waals surface area contributed by atoms with Gasteiger partial charge in [-0.3, -0.25) is 9.59 Å². The molecule has 98 valence electrons. The highest BCUT2D eigenvalue weighted by Gasteiger charge is 2.61. The summed E-state index contributed by atoms with van der Waals surface area (Å²) in [5, 5.41) is 13.5. The first kappa shape index (κ1) is 11.0. The minimum atomic E-state index is -1.98. The van der Waals surface area contributed by atoms with Crippen LogP contribution in [0.25, 0.3) is 0 Å². The minimum absolute atomic E-state index is 0.322. The SMILES string of the molecule is O=C1O[C@@]2(O)c3ccccc3C(=O)N2N2CCC[C@H]12. The van der Waals surface area contributed by atoms with Crippen molar-refractivity contribution < 1.29 is 19.4 Å². The van der Waals surface area contributed by atoms with Crippen molar-refractivity contribution in [2.45, 2.75) is 24.8 Å². The molecule has 0 unspecified atom stereocenters. The normalized spacial score (nSPS) is 32.9. The van der Waals surface area contributed by atoms with E-state index in [1.54, 1.807) is 29.3 Å². The van der Waals surface area contributed by atoms with Crippen LogP contribution in [0.3, 0.4) is 0 Å². The summed E-state index contributed by atoms with van der Waals surface area (Å²) in [7, 11) is 0. The molecule has 6 heteroatoms. The molecular weight excluding hydrogens is 248 g/mol. The molecular formula is C13H12N2O4. The zero-order valence-electron chi connectivity index (χ0n) is 10.1. The molecule has 0 radical (unpaired) electrons. The van der Waals surface area contributed by atoms with Crippen molar-refractivity contribution in [1.82, 2.24) is 10.0 Å². The second kappa shape index (κ2) is 3.34. The predicted molar refractivity (Wildman–Crippen MR) is 62.3 cm³/mol. The van der Waals surface area contributed by atoms with Crippen molar-refractivity contribution >= 4 is 11.9 Å². The van der Waals surface area contributed by atoms with Gasteiger partial charge in [-0.15, -0.1) is 0 Å². The Bertz CT molecular complexity index is 602. The van der Waals surface area contributed by atoms with Crippen LogP contribution in [0.1, 0.15) is 28.8 Å². The quantitative estimate of drug-likeness (QED) is 0.674. The first-order valence-electron chi connectivity index (χ1n) is 6.29. The van der Waals surface area contributed by atoms with Gasteiger partial charge in [0.25, 0.3) is 5.91 Å². The van der Waals surface area contributed by atoms with Crippen LogP contribution < -0.4 is 0 Å². The van der Waals surface area contributed by atoms with Crippen molar-refractivity contribution in [3.05, 3.63) is 35.4 Å². The van der Waals surface area contributed by atoms with E-state index in [0.29, 0.717) is 24.1 Å². The molecule has 1 aromatic carbocycles. The maximum Gasteiger partial charge on any atom is 0.340 e. The highest BCUT2D eigenvalue weighted by atomic mass is 16.7. The molecule has 4 rings (SSSR count). The second-order valence-electron chi connectivity index (χ2n) is 5.01. The second-order valence-corrected chi connectivity index (χ2v) is 5.01. The molecule has 0 bridgehead atoms. The Labute approximate surface area is 109 Å². The molecule has 19 heavy (non-hydrogen) atoms. The van der Waals surface area contributed by atoms with Crippen LogP contribution in [0.4, 0.5) is 0 Å². The third-order valence-electron chi connectivity index (χ3n) is 3.98. The summed E-state index contributed by atoms with van der Waals surface area (Å²) in [4.78, 5) is 24.4. The van der Waals surface area contributed by atoms with E-state index in [1.165, 1.54) is 5.01 Å². The number of carbonyl (C=O) groups is 2. The minimum Gasteiger partial charge on any atom is -0.407 e. The molecule has 0 spiro atoms. The third kappa shape index (κ3) is 1.18. The Balaban J connectivity index is 1.91. The summed E-state index contributed by atoms with van der Waals surface area (Å²) in [6.45, 7) is 0.571. The van der Waals surface area contributed by atoms with Crippen LogP contribution in [0, 0.1) is 0 Å². The van der Waals surface area contributed by atoms with Gasteiger partial charge < -0.3 is 9.84 Å². The zero-order chi connectivity index (χ0) is 13.2. The fraction of sp³-hybridized carbons (Fsp3) is 0.385. The number of ether oxygens (including phenoxy) is 1. The average Bonchev–Trinajstić information content (AvgIpc) is 2.94. The lowest BCUT2D eigenvalue weighted by Crippen LogP contribution is -2.64. The van der Waals surface area contributed by atoms with E-state index in [4.69, 9.17) is 4.74 Å². The maximum absolute atomic E-state index is 12.4. The molecule has 2 fully saturated rings. The number of esters is 1. The highest BCUT2D eigenvalue weighted by molar-refractivity contribution is 6.00. The molecule has 1 N–H and O–H groups in total. The van der Waals surface area contributed by atoms with Crippen molar-refractivity contribution in [1.29, 1.82) is 0 Å². The molecule has 0 aromatic heterocycles. The number of hydrogen-bond donors (Lipinski definition) is 1. The average molecular weight is 260 g/mol. The van der Waals surface area contributed by atoms with Gasteiger partial charge in [0.1, 0.15) is 6.04 Å². The topological polar surface area (TPSA) is 70.1 Å². The third-order valence-corrected chi connectivity index (χ3v) is 3.98. The number of aliphatic hydroxyl groups is 1. The summed E-state index contributed by atoms with van der Waals surface area (Å²) in [6.07, 6.45) is 1.45. The fourth-order valence-electron chi connectivity index (χ4n) is 3.15. The van der Waals surface area contributed by atoms with Gasteiger partial charge in [0.05, 0.1) is 11.1 Å². The Kier molecular flexibility index (Phi) is 1.93. The van der Waals surface area contributed by atoms with Gasteiger partial charge in [-0.05, 0) is 25.0 Å². The van der Waals surface area contributed by atoms with Crippen molar-refractivity contribution in [3.63, 3.8) is 0 Å². The molecule has 3 heterocycles. The molecule has 0 saturated carbocycles. The van der Waals surface area contributed by atoms with Gasteiger partial charge in [-0.1, -0.05) is 12.1 Å². The molecule has 2 saturated heterocycles. The summed E-state index contributed by atoms with van der Waals surface area (Å²) < 4.78 is 5.19. The van der Waals surface area contributed by atoms with E-state index in [2.05, 4.69) is 0 Å². The van der Waals surface area contributed by atoms with Crippen molar-refractivity contribution in [2.75, 3.05) is 6.54 Å². The Morgan fingerprint density at radius 3 is 2.95 bits per heavy atom. The number of carbonyl (C=O) groups excluding carboxylic acids is 2. The van der Waals surface area contributed by atoms with Crippen molar-refractivity contribution in [3.8, 4) is 0 Å². The summed E-state index contributed by atoms with van der Waals surface area (Å²) in [6, 6.07) is 6.21. The van der Waals surface area contributed by atoms with E-state index in [0.717, 1.165) is 6.42 Å². The van der Waals surface area contributed by atoms with E-state index in [1.807, 2.05) is 0 Å². The van der Waals surface area contributed by atoms with Crippen LogP contribution in [-0.4, -0.2) is 39.6 Å². The van der Waals surface area contributed by atoms with Gasteiger partial charge in [-0.2, -0.15) is 10.0 Å². The number of rotatable bonds is 0. The monoisotopic (exact) mass is 260 g/mol. The first-order chi connectivity index (χ1) is 9.13. The number of fused-ring (bicyclic) bond motifs is 5. The molecule has 3 aliphatic rings. The summed E-state index contributed by atoms with van der Waals surface area (Å²) >= 11 is 0. The van der Waals surface area contributed by atoms with Gasteiger partial charge in [0.2, 0.25) is 0 Å². The standard InChI is InChI=1S/C13H12N2O4/c16-11-8-4-1-2-5-9(8)13(18)15(11)14-7-3-6-10(14)12(17)19-13/h1-2,4-5,10,18H,3,6-7H2/t10-,13+/m1/s1. The number of hydrazine groups is 1. The number of amides is 1. The Morgan fingerprint density at radius 1 is 1.32 bits per heavy atom. The first-order valence-corrected chi connectivity index (χ1v) is 6.29. The Morgan fingerprint density at radius 2 is 2.11 bits per heavy atom. The smallest absolute Gasteiger partial charge is 0.340 e. The molecule has 0 aliphatic carbocycles. The maximum atomic E-state index is 12.4. The van der Waals surface area contributed by atoms with Crippen molar-refractivity contribution in [2.24, 2.45) is 0 Å². The number of benzene rings is 1. The van der Waals surface area contributed by atoms with Gasteiger partial charge in [0, 0.05) is 6.54 Å². The molecule has 2 atom stereocenters. The molecule has 1 amide bonds. The molecule has 6 nitrogen and oxygen atoms in total. The molecule has 1 aromatic rings. The lowest BCUT2D eigenvalue weighted by Gasteiger charge is -2.44. The van der Waals surface area contributed by atoms with Gasteiger partial charge in [0.15, 0.2) is 0 Å². The lowest BCUT2D eigenvalue weighted by molar-refractivity contribution is -0.338. The Hall–Kier alpha value is -1.92. The van der Waals surface area contributed by atoms with E-state index < -0.39 is 17.9 Å². The number of nitrogens with zero attached hydrogens (tertiary/aromatic N) is 2. The van der Waals surface area contributed by atoms with E-state index in [9.17, 15) is 14.7 Å². The van der Waals surface area contributed by atoms with E-state index >= 15 is 0 Å². The van der Waals surface area contributed by atoms with Crippen LogP contribution in [0.2, 0.25) is 0 Å². The van der Waals surface area contributed by atoms with Crippen LogP contribution in [-0.2, 0) is 15.4 Å². The zero-order valence-corrected chi connectivity index (χ0v) is 10.1. The van der Waals surface area contributed by atoms with Crippen LogP contribution >= 0.6 is 0 Å². The van der Waals surface area contributed by atoms with E-state index in [-0.39, 0.29) is 5.91 Å².